The van der Waals surface area contributed by atoms with E-state index in [0.717, 1.165) is 5.56 Å². The minimum Gasteiger partial charge on any atom is -0.497 e. The first-order valence-electron chi connectivity index (χ1n) is 6.60. The number of amides is 2. The summed E-state index contributed by atoms with van der Waals surface area (Å²) in [4.78, 5) is 12.0. The zero-order chi connectivity index (χ0) is 15.1. The minimum atomic E-state index is -0.447. The first-order valence-corrected chi connectivity index (χ1v) is 6.60. The van der Waals surface area contributed by atoms with Crippen LogP contribution in [0.4, 0.5) is 10.5 Å². The summed E-state index contributed by atoms with van der Waals surface area (Å²) in [7, 11) is 1.57. The van der Waals surface area contributed by atoms with Gasteiger partial charge in [0.25, 0.3) is 0 Å². The second-order valence-corrected chi connectivity index (χ2v) is 4.48. The molecule has 2 aromatic carbocycles. The predicted molar refractivity (Wildman–Crippen MR) is 81.4 cm³/mol. The van der Waals surface area contributed by atoms with Crippen LogP contribution in [0.15, 0.2) is 54.6 Å². The lowest BCUT2D eigenvalue weighted by Gasteiger charge is -2.17. The third kappa shape index (κ3) is 4.22. The number of hydrogen-bond acceptors (Lipinski definition) is 3. The fourth-order valence-electron chi connectivity index (χ4n) is 1.95. The second kappa shape index (κ2) is 7.31. The van der Waals surface area contributed by atoms with Crippen molar-refractivity contribution in [3.8, 4) is 5.75 Å². The highest BCUT2D eigenvalue weighted by molar-refractivity contribution is 5.89. The number of carbonyl (C=O) groups is 1. The van der Waals surface area contributed by atoms with Crippen molar-refractivity contribution >= 4 is 11.7 Å². The Hall–Kier alpha value is -2.53. The van der Waals surface area contributed by atoms with E-state index in [2.05, 4.69) is 10.6 Å². The summed E-state index contributed by atoms with van der Waals surface area (Å²) in [6, 6.07) is 15.5. The Morgan fingerprint density at radius 2 is 1.95 bits per heavy atom. The van der Waals surface area contributed by atoms with E-state index in [1.54, 1.807) is 31.4 Å². The molecule has 0 aliphatic rings. The van der Waals surface area contributed by atoms with Crippen LogP contribution in [0.3, 0.4) is 0 Å². The maximum absolute atomic E-state index is 12.0. The molecule has 0 saturated heterocycles. The molecular weight excluding hydrogens is 268 g/mol. The van der Waals surface area contributed by atoms with Crippen LogP contribution in [0, 0.1) is 0 Å². The number of nitrogens with one attached hydrogen (secondary N) is 2. The normalized spacial score (nSPS) is 11.5. The number of aliphatic hydroxyl groups excluding tert-OH is 1. The van der Waals surface area contributed by atoms with Gasteiger partial charge in [0.2, 0.25) is 0 Å². The summed E-state index contributed by atoms with van der Waals surface area (Å²) < 4.78 is 5.10. The average Bonchev–Trinajstić information content (AvgIpc) is 2.53. The topological polar surface area (TPSA) is 70.6 Å². The highest BCUT2D eigenvalue weighted by Gasteiger charge is 2.13. The molecule has 2 amide bonds. The van der Waals surface area contributed by atoms with E-state index in [1.807, 2.05) is 30.3 Å². The quantitative estimate of drug-likeness (QED) is 0.791. The third-order valence-corrected chi connectivity index (χ3v) is 3.02. The van der Waals surface area contributed by atoms with E-state index < -0.39 is 6.04 Å². The lowest BCUT2D eigenvalue weighted by Crippen LogP contribution is -2.34. The SMILES string of the molecule is COc1cccc(NC(=O)NC(CO)c2ccccc2)c1. The van der Waals surface area contributed by atoms with Gasteiger partial charge in [0, 0.05) is 11.8 Å². The van der Waals surface area contributed by atoms with Crippen LogP contribution in [-0.2, 0) is 0 Å². The molecule has 21 heavy (non-hydrogen) atoms. The number of ether oxygens (including phenoxy) is 1. The molecule has 0 saturated carbocycles. The summed E-state index contributed by atoms with van der Waals surface area (Å²) in [6.45, 7) is -0.171. The van der Waals surface area contributed by atoms with Crippen LogP contribution in [0.5, 0.6) is 5.75 Å². The average molecular weight is 286 g/mol. The molecule has 3 N–H and O–H groups in total. The van der Waals surface area contributed by atoms with E-state index in [-0.39, 0.29) is 12.6 Å². The van der Waals surface area contributed by atoms with E-state index in [1.165, 1.54) is 0 Å². The maximum atomic E-state index is 12.0. The van der Waals surface area contributed by atoms with Crippen molar-refractivity contribution in [3.63, 3.8) is 0 Å². The molecule has 0 aliphatic heterocycles. The van der Waals surface area contributed by atoms with Crippen molar-refractivity contribution in [2.24, 2.45) is 0 Å². The zero-order valence-corrected chi connectivity index (χ0v) is 11.7. The van der Waals surface area contributed by atoms with Gasteiger partial charge >= 0.3 is 6.03 Å². The lowest BCUT2D eigenvalue weighted by atomic mass is 10.1. The molecule has 5 nitrogen and oxygen atoms in total. The van der Waals surface area contributed by atoms with E-state index >= 15 is 0 Å². The number of hydrogen-bond donors (Lipinski definition) is 3. The van der Waals surface area contributed by atoms with Gasteiger partial charge in [-0.1, -0.05) is 36.4 Å². The van der Waals surface area contributed by atoms with Crippen molar-refractivity contribution in [1.82, 2.24) is 5.32 Å². The van der Waals surface area contributed by atoms with Gasteiger partial charge in [0.05, 0.1) is 19.8 Å². The third-order valence-electron chi connectivity index (χ3n) is 3.02. The first kappa shape index (κ1) is 14.9. The lowest BCUT2D eigenvalue weighted by molar-refractivity contribution is 0.225. The molecule has 0 aliphatic carbocycles. The number of benzene rings is 2. The van der Waals surface area contributed by atoms with Gasteiger partial charge < -0.3 is 20.5 Å². The summed E-state index contributed by atoms with van der Waals surface area (Å²) in [5.41, 5.74) is 1.47. The highest BCUT2D eigenvalue weighted by atomic mass is 16.5. The number of anilines is 1. The van der Waals surface area contributed by atoms with Gasteiger partial charge in [-0.15, -0.1) is 0 Å². The summed E-state index contributed by atoms with van der Waals surface area (Å²) >= 11 is 0. The van der Waals surface area contributed by atoms with Crippen LogP contribution in [-0.4, -0.2) is 24.9 Å². The fraction of sp³-hybridized carbons (Fsp3) is 0.188. The molecular formula is C16H18N2O3. The van der Waals surface area contributed by atoms with Gasteiger partial charge in [-0.05, 0) is 17.7 Å². The first-order chi connectivity index (χ1) is 10.2. The molecule has 0 fully saturated rings. The van der Waals surface area contributed by atoms with E-state index in [4.69, 9.17) is 4.74 Å². The Kier molecular flexibility index (Phi) is 5.17. The van der Waals surface area contributed by atoms with Gasteiger partial charge in [-0.25, -0.2) is 4.79 Å². The molecule has 5 heteroatoms. The second-order valence-electron chi connectivity index (χ2n) is 4.48. The Morgan fingerprint density at radius 1 is 1.19 bits per heavy atom. The minimum absolute atomic E-state index is 0.171. The van der Waals surface area contributed by atoms with Gasteiger partial charge in [-0.3, -0.25) is 0 Å². The van der Waals surface area contributed by atoms with Crippen LogP contribution < -0.4 is 15.4 Å². The van der Waals surface area contributed by atoms with Crippen molar-refractivity contribution in [2.45, 2.75) is 6.04 Å². The largest absolute Gasteiger partial charge is 0.497 e. The van der Waals surface area contributed by atoms with Crippen LogP contribution in [0.1, 0.15) is 11.6 Å². The van der Waals surface area contributed by atoms with Gasteiger partial charge in [0.15, 0.2) is 0 Å². The molecule has 1 unspecified atom stereocenters. The smallest absolute Gasteiger partial charge is 0.319 e. The number of urea groups is 1. The Bertz CT molecular complexity index is 587. The molecule has 1 atom stereocenters. The molecule has 0 radical (unpaired) electrons. The predicted octanol–water partition coefficient (Wildman–Crippen LogP) is 2.55. The summed E-state index contributed by atoms with van der Waals surface area (Å²) in [5, 5.41) is 14.9. The Balaban J connectivity index is 2.00. The van der Waals surface area contributed by atoms with E-state index in [0.29, 0.717) is 11.4 Å². The maximum Gasteiger partial charge on any atom is 0.319 e. The van der Waals surface area contributed by atoms with Crippen LogP contribution in [0.2, 0.25) is 0 Å². The summed E-state index contributed by atoms with van der Waals surface area (Å²) in [6.07, 6.45) is 0. The Labute approximate surface area is 123 Å². The van der Waals surface area contributed by atoms with Crippen molar-refractivity contribution in [1.29, 1.82) is 0 Å². The standard InChI is InChI=1S/C16H18N2O3/c1-21-14-9-5-8-13(10-14)17-16(20)18-15(11-19)12-6-3-2-4-7-12/h2-10,15,19H,11H2,1H3,(H2,17,18,20). The number of rotatable bonds is 5. The molecule has 0 spiro atoms. The van der Waals surface area contributed by atoms with Gasteiger partial charge in [-0.2, -0.15) is 0 Å². The number of aliphatic hydroxyl groups is 1. The fourth-order valence-corrected chi connectivity index (χ4v) is 1.95. The molecule has 2 rings (SSSR count). The zero-order valence-electron chi connectivity index (χ0n) is 11.7. The van der Waals surface area contributed by atoms with Gasteiger partial charge in [0.1, 0.15) is 5.75 Å². The molecule has 2 aromatic rings. The molecule has 0 aromatic heterocycles. The van der Waals surface area contributed by atoms with E-state index in [9.17, 15) is 9.90 Å². The number of methoxy groups -OCH3 is 1. The van der Waals surface area contributed by atoms with Crippen molar-refractivity contribution in [2.75, 3.05) is 19.0 Å². The Morgan fingerprint density at radius 3 is 2.62 bits per heavy atom. The van der Waals surface area contributed by atoms with Crippen molar-refractivity contribution in [3.05, 3.63) is 60.2 Å². The molecule has 0 bridgehead atoms. The van der Waals surface area contributed by atoms with Crippen LogP contribution in [0.25, 0.3) is 0 Å². The van der Waals surface area contributed by atoms with Crippen molar-refractivity contribution < 1.29 is 14.6 Å². The molecule has 0 heterocycles. The number of carbonyl (C=O) groups excluding carboxylic acids is 1. The summed E-state index contributed by atoms with van der Waals surface area (Å²) in [5.74, 6) is 0.662. The van der Waals surface area contributed by atoms with Crippen LogP contribution >= 0.6 is 0 Å². The monoisotopic (exact) mass is 286 g/mol. The molecule has 110 valence electrons. The highest BCUT2D eigenvalue weighted by Crippen LogP contribution is 2.17.